The molecular formula is C28H29BN2O2. The molecule has 0 bridgehead atoms. The number of nitrogens with zero attached hydrogens (tertiary/aromatic N) is 2. The molecule has 1 saturated heterocycles. The maximum atomic E-state index is 6.30. The van der Waals surface area contributed by atoms with Gasteiger partial charge >= 0.3 is 7.12 Å². The fraction of sp³-hybridized carbons (Fsp3) is 0.250. The zero-order valence-electron chi connectivity index (χ0n) is 19.6. The van der Waals surface area contributed by atoms with E-state index in [2.05, 4.69) is 111 Å². The molecule has 0 unspecified atom stereocenters. The Labute approximate surface area is 196 Å². The van der Waals surface area contributed by atoms with Crippen LogP contribution in [0, 0.1) is 0 Å². The molecule has 0 spiro atoms. The highest BCUT2D eigenvalue weighted by Crippen LogP contribution is 2.41. The normalized spacial score (nSPS) is 17.3. The quantitative estimate of drug-likeness (QED) is 0.326. The van der Waals surface area contributed by atoms with E-state index >= 15 is 0 Å². The molecule has 5 rings (SSSR count). The fourth-order valence-electron chi connectivity index (χ4n) is 4.59. The van der Waals surface area contributed by atoms with Gasteiger partial charge < -0.3 is 13.9 Å². The molecular weight excluding hydrogens is 407 g/mol. The lowest BCUT2D eigenvalue weighted by Crippen LogP contribution is -2.41. The van der Waals surface area contributed by atoms with E-state index in [1.807, 2.05) is 24.5 Å². The summed E-state index contributed by atoms with van der Waals surface area (Å²) in [5.41, 5.74) is 2.79. The second-order valence-corrected chi connectivity index (χ2v) is 9.60. The van der Waals surface area contributed by atoms with Gasteiger partial charge in [0.2, 0.25) is 0 Å². The number of hydrogen-bond acceptors (Lipinski definition) is 3. The van der Waals surface area contributed by atoms with Gasteiger partial charge in [-0.3, -0.25) is 0 Å². The van der Waals surface area contributed by atoms with E-state index in [0.29, 0.717) is 0 Å². The summed E-state index contributed by atoms with van der Waals surface area (Å²) >= 11 is 0. The summed E-state index contributed by atoms with van der Waals surface area (Å²) in [6.07, 6.45) is 3.96. The first-order valence-electron chi connectivity index (χ1n) is 11.4. The maximum absolute atomic E-state index is 6.30. The molecule has 33 heavy (non-hydrogen) atoms. The first-order chi connectivity index (χ1) is 15.8. The first-order valence-corrected chi connectivity index (χ1v) is 11.4. The highest BCUT2D eigenvalue weighted by molar-refractivity contribution is 6.61. The molecule has 0 atom stereocenters. The average molecular weight is 436 g/mol. The SMILES string of the molecule is CC1(C)OB(c2cn(C(c3ccccc3)(c3ccccc3)c3ccccc3)cn2)OC1(C)C. The molecule has 1 aliphatic heterocycles. The monoisotopic (exact) mass is 436 g/mol. The molecule has 0 radical (unpaired) electrons. The zero-order chi connectivity index (χ0) is 23.1. The summed E-state index contributed by atoms with van der Waals surface area (Å²) < 4.78 is 14.8. The van der Waals surface area contributed by atoms with Gasteiger partial charge in [-0.25, -0.2) is 4.98 Å². The standard InChI is InChI=1S/C28H29BN2O2/c1-26(2)27(3,4)33-29(32-26)25-20-31(21-30-25)28(22-14-8-5-9-15-22,23-16-10-6-11-17-23)24-18-12-7-13-19-24/h5-21H,1-4H3. The van der Waals surface area contributed by atoms with Gasteiger partial charge in [0.05, 0.1) is 23.1 Å². The lowest BCUT2D eigenvalue weighted by atomic mass is 9.76. The number of benzene rings is 3. The van der Waals surface area contributed by atoms with Crippen LogP contribution in [0.5, 0.6) is 0 Å². The fourth-order valence-corrected chi connectivity index (χ4v) is 4.59. The van der Waals surface area contributed by atoms with E-state index in [0.717, 1.165) is 22.3 Å². The highest BCUT2D eigenvalue weighted by atomic mass is 16.7. The van der Waals surface area contributed by atoms with Gasteiger partial charge in [-0.05, 0) is 44.4 Å². The second-order valence-electron chi connectivity index (χ2n) is 9.60. The predicted octanol–water partition coefficient (Wildman–Crippen LogP) is 5.02. The molecule has 0 N–H and O–H groups in total. The van der Waals surface area contributed by atoms with Crippen molar-refractivity contribution in [2.75, 3.05) is 0 Å². The Morgan fingerprint density at radius 3 is 1.45 bits per heavy atom. The van der Waals surface area contributed by atoms with Crippen molar-refractivity contribution in [2.24, 2.45) is 0 Å². The van der Waals surface area contributed by atoms with E-state index < -0.39 is 23.9 Å². The Hall–Kier alpha value is -3.15. The van der Waals surface area contributed by atoms with Crippen molar-refractivity contribution in [2.45, 2.75) is 44.4 Å². The molecule has 1 aromatic heterocycles. The Morgan fingerprint density at radius 1 is 0.667 bits per heavy atom. The molecule has 4 nitrogen and oxygen atoms in total. The van der Waals surface area contributed by atoms with Crippen LogP contribution in [-0.4, -0.2) is 27.9 Å². The van der Waals surface area contributed by atoms with E-state index in [4.69, 9.17) is 14.3 Å². The third-order valence-corrected chi connectivity index (χ3v) is 7.06. The van der Waals surface area contributed by atoms with Crippen LogP contribution in [0.4, 0.5) is 0 Å². The van der Waals surface area contributed by atoms with Crippen LogP contribution in [0.1, 0.15) is 44.4 Å². The number of rotatable bonds is 5. The van der Waals surface area contributed by atoms with E-state index in [-0.39, 0.29) is 0 Å². The Balaban J connectivity index is 1.72. The summed E-state index contributed by atoms with van der Waals surface area (Å²) in [7, 11) is -0.517. The summed E-state index contributed by atoms with van der Waals surface area (Å²) in [5.74, 6) is 0. The Morgan fingerprint density at radius 2 is 1.06 bits per heavy atom. The minimum absolute atomic E-state index is 0.420. The van der Waals surface area contributed by atoms with E-state index in [1.54, 1.807) is 0 Å². The van der Waals surface area contributed by atoms with Gasteiger partial charge in [-0.1, -0.05) is 91.0 Å². The third-order valence-electron chi connectivity index (χ3n) is 7.06. The molecule has 1 fully saturated rings. The van der Waals surface area contributed by atoms with Crippen LogP contribution in [0.3, 0.4) is 0 Å². The minimum atomic E-state index is -0.599. The predicted molar refractivity (Wildman–Crippen MR) is 133 cm³/mol. The average Bonchev–Trinajstić information content (AvgIpc) is 3.39. The highest BCUT2D eigenvalue weighted by Gasteiger charge is 2.53. The van der Waals surface area contributed by atoms with Crippen LogP contribution in [0.25, 0.3) is 0 Å². The van der Waals surface area contributed by atoms with Gasteiger partial charge in [-0.15, -0.1) is 0 Å². The minimum Gasteiger partial charge on any atom is -0.398 e. The number of imidazole rings is 1. The molecule has 0 saturated carbocycles. The van der Waals surface area contributed by atoms with Crippen molar-refractivity contribution < 1.29 is 9.31 Å². The van der Waals surface area contributed by atoms with Gasteiger partial charge in [-0.2, -0.15) is 0 Å². The number of aromatic nitrogens is 2. The van der Waals surface area contributed by atoms with Crippen LogP contribution in [0.2, 0.25) is 0 Å². The van der Waals surface area contributed by atoms with Crippen LogP contribution in [-0.2, 0) is 14.8 Å². The van der Waals surface area contributed by atoms with E-state index in [1.165, 1.54) is 0 Å². The summed E-state index contributed by atoms with van der Waals surface area (Å²) in [4.78, 5) is 4.78. The van der Waals surface area contributed by atoms with Gasteiger partial charge in [0, 0.05) is 6.20 Å². The molecule has 2 heterocycles. The first kappa shape index (κ1) is 21.7. The van der Waals surface area contributed by atoms with Crippen molar-refractivity contribution in [1.82, 2.24) is 9.55 Å². The van der Waals surface area contributed by atoms with Crippen LogP contribution >= 0.6 is 0 Å². The second kappa shape index (κ2) is 8.01. The van der Waals surface area contributed by atoms with Crippen LogP contribution in [0.15, 0.2) is 104 Å². The molecule has 166 valence electrons. The smallest absolute Gasteiger partial charge is 0.398 e. The van der Waals surface area contributed by atoms with Crippen molar-refractivity contribution >= 4 is 12.7 Å². The number of hydrogen-bond donors (Lipinski definition) is 0. The lowest BCUT2D eigenvalue weighted by molar-refractivity contribution is 0.00578. The lowest BCUT2D eigenvalue weighted by Gasteiger charge is -2.37. The maximum Gasteiger partial charge on any atom is 0.516 e. The summed E-state index contributed by atoms with van der Waals surface area (Å²) in [6, 6.07) is 31.7. The van der Waals surface area contributed by atoms with Gasteiger partial charge in [0.15, 0.2) is 0 Å². The van der Waals surface area contributed by atoms with Crippen molar-refractivity contribution in [1.29, 1.82) is 0 Å². The van der Waals surface area contributed by atoms with Crippen molar-refractivity contribution in [3.63, 3.8) is 0 Å². The largest absolute Gasteiger partial charge is 0.516 e. The van der Waals surface area contributed by atoms with Crippen molar-refractivity contribution in [3.05, 3.63) is 120 Å². The Kier molecular flexibility index (Phi) is 5.27. The summed E-state index contributed by atoms with van der Waals surface area (Å²) in [6.45, 7) is 8.25. The van der Waals surface area contributed by atoms with Crippen molar-refractivity contribution in [3.8, 4) is 0 Å². The topological polar surface area (TPSA) is 36.3 Å². The zero-order valence-corrected chi connectivity index (χ0v) is 19.6. The molecule has 1 aliphatic rings. The van der Waals surface area contributed by atoms with E-state index in [9.17, 15) is 0 Å². The molecule has 3 aromatic carbocycles. The molecule has 5 heteroatoms. The molecule has 0 aliphatic carbocycles. The Bertz CT molecular complexity index is 1110. The molecule has 4 aromatic rings. The summed E-state index contributed by atoms with van der Waals surface area (Å²) in [5, 5.41) is 0. The van der Waals surface area contributed by atoms with Gasteiger partial charge in [0.1, 0.15) is 5.54 Å². The molecule has 0 amide bonds. The van der Waals surface area contributed by atoms with Gasteiger partial charge in [0.25, 0.3) is 0 Å². The third kappa shape index (κ3) is 3.52. The van der Waals surface area contributed by atoms with Crippen LogP contribution < -0.4 is 5.59 Å².